The number of benzene rings is 1. The fraction of sp³-hybridized carbons (Fsp3) is 0.125. The van der Waals surface area contributed by atoms with Crippen LogP contribution in [0.5, 0.6) is 0 Å². The number of thioether (sulfide) groups is 1. The van der Waals surface area contributed by atoms with Crippen molar-refractivity contribution in [2.75, 3.05) is 7.05 Å². The Morgan fingerprint density at radius 3 is 2.50 bits per heavy atom. The number of carbonyl (C=O) groups excluding carboxylic acids is 2. The van der Waals surface area contributed by atoms with E-state index in [4.69, 9.17) is 4.42 Å². The highest BCUT2D eigenvalue weighted by Crippen LogP contribution is 2.36. The number of rotatable bonds is 4. The molecule has 0 N–H and O–H groups in total. The average Bonchev–Trinajstić information content (AvgIpc) is 3.10. The third-order valence-electron chi connectivity index (χ3n) is 3.32. The Morgan fingerprint density at radius 2 is 1.86 bits per heavy atom. The minimum Gasteiger partial charge on any atom is -0.468 e. The molecule has 112 valence electrons. The summed E-state index contributed by atoms with van der Waals surface area (Å²) in [5, 5.41) is 0. The molecule has 0 radical (unpaired) electrons. The van der Waals surface area contributed by atoms with Crippen molar-refractivity contribution in [3.63, 3.8) is 0 Å². The molecule has 1 aliphatic heterocycles. The zero-order valence-electron chi connectivity index (χ0n) is 11.7. The van der Waals surface area contributed by atoms with Crippen LogP contribution in [0.15, 0.2) is 52.0 Å². The number of likely N-dealkylation sites (N-methyl/N-ethyl adjacent to an activating group) is 1. The summed E-state index contributed by atoms with van der Waals surface area (Å²) in [5.41, 5.74) is 0.843. The molecule has 0 fully saturated rings. The Morgan fingerprint density at radius 1 is 1.14 bits per heavy atom. The van der Waals surface area contributed by atoms with Crippen LogP contribution in [0.3, 0.4) is 0 Å². The number of amides is 2. The van der Waals surface area contributed by atoms with E-state index in [-0.39, 0.29) is 17.6 Å². The number of nitrogens with zero attached hydrogens (tertiary/aromatic N) is 1. The van der Waals surface area contributed by atoms with Gasteiger partial charge in [-0.1, -0.05) is 12.1 Å². The molecule has 2 amide bonds. The Labute approximate surface area is 130 Å². The van der Waals surface area contributed by atoms with E-state index in [2.05, 4.69) is 0 Å². The Bertz CT molecular complexity index is 750. The minimum atomic E-state index is -0.390. The first kappa shape index (κ1) is 14.6. The molecule has 0 saturated heterocycles. The molecule has 1 aromatic carbocycles. The van der Waals surface area contributed by atoms with Crippen LogP contribution in [0.4, 0.5) is 4.39 Å². The lowest BCUT2D eigenvalue weighted by Crippen LogP contribution is -2.26. The summed E-state index contributed by atoms with van der Waals surface area (Å²) in [6.45, 7) is 0. The van der Waals surface area contributed by atoms with Crippen LogP contribution in [0.1, 0.15) is 11.3 Å². The van der Waals surface area contributed by atoms with Gasteiger partial charge in [0.15, 0.2) is 0 Å². The van der Waals surface area contributed by atoms with Gasteiger partial charge in [0.25, 0.3) is 11.8 Å². The molecule has 0 saturated carbocycles. The molecule has 0 atom stereocenters. The molecule has 4 nitrogen and oxygen atoms in total. The monoisotopic (exact) mass is 317 g/mol. The second-order valence-electron chi connectivity index (χ2n) is 4.75. The average molecular weight is 317 g/mol. The Balaban J connectivity index is 1.97. The predicted molar refractivity (Wildman–Crippen MR) is 81.1 cm³/mol. The van der Waals surface area contributed by atoms with Crippen molar-refractivity contribution in [1.82, 2.24) is 4.90 Å². The lowest BCUT2D eigenvalue weighted by Gasteiger charge is -2.06. The summed E-state index contributed by atoms with van der Waals surface area (Å²) in [4.78, 5) is 26.0. The largest absolute Gasteiger partial charge is 0.468 e. The summed E-state index contributed by atoms with van der Waals surface area (Å²) in [5.74, 6) is 0.0457. The van der Waals surface area contributed by atoms with E-state index in [0.717, 1.165) is 4.90 Å². The first-order valence-electron chi connectivity index (χ1n) is 6.55. The standard InChI is InChI=1S/C16H12FNO3S/c1-18-15(19)13(10-4-6-11(17)7-5-10)14(16(18)20)22-9-12-3-2-8-21-12/h2-8H,9H2,1H3. The first-order chi connectivity index (χ1) is 10.6. The van der Waals surface area contributed by atoms with E-state index in [0.29, 0.717) is 27.6 Å². The number of carbonyl (C=O) groups is 2. The zero-order chi connectivity index (χ0) is 15.7. The van der Waals surface area contributed by atoms with Crippen LogP contribution in [-0.2, 0) is 15.3 Å². The van der Waals surface area contributed by atoms with E-state index >= 15 is 0 Å². The van der Waals surface area contributed by atoms with Gasteiger partial charge in [-0.05, 0) is 29.8 Å². The van der Waals surface area contributed by atoms with Crippen molar-refractivity contribution in [3.8, 4) is 0 Å². The molecule has 1 aromatic heterocycles. The van der Waals surface area contributed by atoms with E-state index in [1.807, 2.05) is 0 Å². The van der Waals surface area contributed by atoms with Gasteiger partial charge in [0.05, 0.1) is 22.5 Å². The molecule has 0 unspecified atom stereocenters. The topological polar surface area (TPSA) is 50.5 Å². The number of hydrogen-bond acceptors (Lipinski definition) is 4. The Kier molecular flexibility index (Phi) is 3.85. The maximum absolute atomic E-state index is 13.1. The minimum absolute atomic E-state index is 0.309. The zero-order valence-corrected chi connectivity index (χ0v) is 12.5. The van der Waals surface area contributed by atoms with E-state index < -0.39 is 0 Å². The summed E-state index contributed by atoms with van der Waals surface area (Å²) in [6.07, 6.45) is 1.55. The molecule has 6 heteroatoms. The van der Waals surface area contributed by atoms with Crippen LogP contribution in [0.2, 0.25) is 0 Å². The highest BCUT2D eigenvalue weighted by Gasteiger charge is 2.36. The highest BCUT2D eigenvalue weighted by atomic mass is 32.2. The van der Waals surface area contributed by atoms with Gasteiger partial charge < -0.3 is 4.42 Å². The molecular formula is C16H12FNO3S. The maximum Gasteiger partial charge on any atom is 0.267 e. The van der Waals surface area contributed by atoms with Crippen molar-refractivity contribution in [2.24, 2.45) is 0 Å². The summed E-state index contributed by atoms with van der Waals surface area (Å²) >= 11 is 1.24. The summed E-state index contributed by atoms with van der Waals surface area (Å²) < 4.78 is 18.3. The molecule has 0 spiro atoms. The first-order valence-corrected chi connectivity index (χ1v) is 7.54. The molecular weight excluding hydrogens is 305 g/mol. The lowest BCUT2D eigenvalue weighted by atomic mass is 10.1. The molecule has 0 bridgehead atoms. The molecule has 1 aliphatic rings. The van der Waals surface area contributed by atoms with Gasteiger partial charge in [-0.3, -0.25) is 14.5 Å². The van der Waals surface area contributed by atoms with Crippen molar-refractivity contribution < 1.29 is 18.4 Å². The third kappa shape index (κ3) is 2.57. The predicted octanol–water partition coefficient (Wildman–Crippen LogP) is 3.06. The van der Waals surface area contributed by atoms with E-state index in [1.54, 1.807) is 18.4 Å². The van der Waals surface area contributed by atoms with Gasteiger partial charge in [-0.2, -0.15) is 0 Å². The fourth-order valence-electron chi connectivity index (χ4n) is 2.16. The summed E-state index contributed by atoms with van der Waals surface area (Å²) in [6, 6.07) is 9.11. The van der Waals surface area contributed by atoms with Gasteiger partial charge >= 0.3 is 0 Å². The van der Waals surface area contributed by atoms with Crippen molar-refractivity contribution in [2.45, 2.75) is 5.75 Å². The Hall–Kier alpha value is -2.34. The van der Waals surface area contributed by atoms with Gasteiger partial charge in [-0.15, -0.1) is 11.8 Å². The highest BCUT2D eigenvalue weighted by molar-refractivity contribution is 8.03. The quantitative estimate of drug-likeness (QED) is 0.813. The van der Waals surface area contributed by atoms with Gasteiger partial charge in [0.1, 0.15) is 11.6 Å². The van der Waals surface area contributed by atoms with E-state index in [9.17, 15) is 14.0 Å². The fourth-order valence-corrected chi connectivity index (χ4v) is 3.22. The lowest BCUT2D eigenvalue weighted by molar-refractivity contribution is -0.134. The van der Waals surface area contributed by atoms with Gasteiger partial charge in [0, 0.05) is 7.05 Å². The smallest absolute Gasteiger partial charge is 0.267 e. The molecule has 2 aromatic rings. The van der Waals surface area contributed by atoms with Crippen LogP contribution < -0.4 is 0 Å². The second-order valence-corrected chi connectivity index (χ2v) is 5.73. The SMILES string of the molecule is CN1C(=O)C(SCc2ccco2)=C(c2ccc(F)cc2)C1=O. The number of furan rings is 1. The number of hydrogen-bond donors (Lipinski definition) is 0. The molecule has 3 rings (SSSR count). The number of halogens is 1. The summed E-state index contributed by atoms with van der Waals surface area (Å²) in [7, 11) is 1.44. The van der Waals surface area contributed by atoms with Crippen molar-refractivity contribution in [3.05, 3.63) is 64.7 Å². The van der Waals surface area contributed by atoms with Crippen molar-refractivity contribution >= 4 is 29.1 Å². The number of imide groups is 1. The van der Waals surface area contributed by atoms with Crippen LogP contribution >= 0.6 is 11.8 Å². The van der Waals surface area contributed by atoms with Crippen LogP contribution in [0.25, 0.3) is 5.57 Å². The van der Waals surface area contributed by atoms with Gasteiger partial charge in [0.2, 0.25) is 0 Å². The third-order valence-corrected chi connectivity index (χ3v) is 4.41. The van der Waals surface area contributed by atoms with Crippen LogP contribution in [0, 0.1) is 5.82 Å². The second kappa shape index (κ2) is 5.81. The normalized spacial score (nSPS) is 15.1. The molecule has 2 heterocycles. The van der Waals surface area contributed by atoms with Crippen molar-refractivity contribution in [1.29, 1.82) is 0 Å². The van der Waals surface area contributed by atoms with E-state index in [1.165, 1.54) is 43.1 Å². The molecule has 22 heavy (non-hydrogen) atoms. The van der Waals surface area contributed by atoms with Crippen LogP contribution in [-0.4, -0.2) is 23.8 Å². The maximum atomic E-state index is 13.1. The van der Waals surface area contributed by atoms with Gasteiger partial charge in [-0.25, -0.2) is 4.39 Å². The molecule has 0 aliphatic carbocycles.